The number of nitrogens with two attached hydrogens (primary N) is 1. The molecule has 12 nitrogen and oxygen atoms in total. The Morgan fingerprint density at radius 1 is 1.11 bits per heavy atom. The number of aromatic nitrogens is 6. The van der Waals surface area contributed by atoms with E-state index in [-0.39, 0.29) is 28.5 Å². The van der Waals surface area contributed by atoms with Crippen LogP contribution in [0.3, 0.4) is 0 Å². The Bertz CT molecular complexity index is 1770. The fraction of sp³-hybridized carbons (Fsp3) is 0.308. The lowest BCUT2D eigenvalue weighted by Crippen LogP contribution is -2.44. The number of hydrogen-bond donors (Lipinski definition) is 2. The number of nitrogens with zero attached hydrogens (tertiary/aromatic N) is 7. The van der Waals surface area contributed by atoms with Crippen molar-refractivity contribution >= 4 is 23.4 Å². The first-order valence-corrected chi connectivity index (χ1v) is 13.2. The molecule has 5 rings (SSSR count). The average Bonchev–Trinajstić information content (AvgIpc) is 3.65. The number of aliphatic hydroxyl groups excluding tert-OH is 1. The van der Waals surface area contributed by atoms with Gasteiger partial charge in [0, 0.05) is 17.0 Å². The summed E-state index contributed by atoms with van der Waals surface area (Å²) >= 11 is 5.90. The normalized spacial score (nSPS) is 17.2. The molecular weight excluding hydrogens is 619 g/mol. The van der Waals surface area contributed by atoms with Crippen LogP contribution in [0.15, 0.2) is 59.7 Å². The Morgan fingerprint density at radius 2 is 1.80 bits per heavy atom. The fourth-order valence-electron chi connectivity index (χ4n) is 4.71. The van der Waals surface area contributed by atoms with E-state index in [1.807, 2.05) is 0 Å². The predicted molar refractivity (Wildman–Crippen MR) is 143 cm³/mol. The number of hydrogen-bond acceptors (Lipinski definition) is 7. The van der Waals surface area contributed by atoms with E-state index in [0.717, 1.165) is 9.36 Å². The third-order valence-electron chi connectivity index (χ3n) is 6.83. The first-order valence-electron chi connectivity index (χ1n) is 12.8. The number of likely N-dealkylation sites (tertiary alicyclic amines) is 1. The number of carbonyl (C=O) groups is 2. The topological polar surface area (TPSA) is 154 Å². The van der Waals surface area contributed by atoms with Crippen LogP contribution in [0.5, 0.6) is 0 Å². The Morgan fingerprint density at radius 3 is 2.45 bits per heavy atom. The quantitative estimate of drug-likeness (QED) is 0.280. The van der Waals surface area contributed by atoms with E-state index >= 15 is 0 Å². The molecule has 0 saturated carbocycles. The molecular formula is C26H22ClF5N8O4. The molecule has 0 unspecified atom stereocenters. The minimum Gasteiger partial charge on any atom is -0.382 e. The van der Waals surface area contributed by atoms with Crippen molar-refractivity contribution in [3.63, 3.8) is 0 Å². The van der Waals surface area contributed by atoms with E-state index in [9.17, 15) is 41.4 Å². The van der Waals surface area contributed by atoms with Gasteiger partial charge in [-0.15, -0.1) is 10.2 Å². The Labute approximate surface area is 249 Å². The third-order valence-corrected chi connectivity index (χ3v) is 7.08. The minimum absolute atomic E-state index is 0.0549. The summed E-state index contributed by atoms with van der Waals surface area (Å²) in [4.78, 5) is 43.0. The lowest BCUT2D eigenvalue weighted by atomic mass is 10.1. The first kappa shape index (κ1) is 30.8. The highest BCUT2D eigenvalue weighted by Gasteiger charge is 2.49. The van der Waals surface area contributed by atoms with Crippen molar-refractivity contribution in [1.82, 2.24) is 34.0 Å². The molecule has 1 aliphatic heterocycles. The number of carbonyl (C=O) groups excluding carboxylic acids is 2. The summed E-state index contributed by atoms with van der Waals surface area (Å²) in [6.07, 6.45) is -7.61. The maximum absolute atomic E-state index is 14.1. The summed E-state index contributed by atoms with van der Waals surface area (Å²) in [5.41, 5.74) is 4.51. The van der Waals surface area contributed by atoms with Crippen molar-refractivity contribution < 1.29 is 36.6 Å². The van der Waals surface area contributed by atoms with Crippen molar-refractivity contribution in [3.8, 4) is 17.1 Å². The van der Waals surface area contributed by atoms with E-state index in [4.69, 9.17) is 17.3 Å². The first-order chi connectivity index (χ1) is 20.6. The molecule has 44 heavy (non-hydrogen) atoms. The van der Waals surface area contributed by atoms with Crippen molar-refractivity contribution in [2.75, 3.05) is 6.54 Å². The SMILES string of the molecule is NC(=O)[C@@H]1CC(F)(F)CN1C(=O)c1ccccc1-n1cnc(Cn2nc(-c3ccc(Cl)cc3)n(C[C@H](O)C(F)(F)F)c2=O)n1. The van der Waals surface area contributed by atoms with Gasteiger partial charge in [-0.3, -0.25) is 14.2 Å². The molecule has 4 aromatic rings. The molecule has 1 saturated heterocycles. The Balaban J connectivity index is 1.46. The second-order valence-corrected chi connectivity index (χ2v) is 10.4. The number of primary amides is 1. The van der Waals surface area contributed by atoms with E-state index in [2.05, 4.69) is 15.2 Å². The number of benzene rings is 2. The van der Waals surface area contributed by atoms with Crippen LogP contribution >= 0.6 is 11.6 Å². The smallest absolute Gasteiger partial charge is 0.382 e. The predicted octanol–water partition coefficient (Wildman–Crippen LogP) is 2.25. The van der Waals surface area contributed by atoms with Gasteiger partial charge in [0.05, 0.1) is 24.3 Å². The van der Waals surface area contributed by atoms with Gasteiger partial charge < -0.3 is 15.7 Å². The maximum Gasteiger partial charge on any atom is 0.416 e. The highest BCUT2D eigenvalue weighted by molar-refractivity contribution is 6.30. The molecule has 1 fully saturated rings. The molecule has 1 aliphatic rings. The monoisotopic (exact) mass is 640 g/mol. The van der Waals surface area contributed by atoms with Gasteiger partial charge in [-0.05, 0) is 36.4 Å². The molecule has 0 radical (unpaired) electrons. The summed E-state index contributed by atoms with van der Waals surface area (Å²) in [5, 5.41) is 18.4. The van der Waals surface area contributed by atoms with Crippen LogP contribution in [-0.4, -0.2) is 81.7 Å². The van der Waals surface area contributed by atoms with Crippen LogP contribution in [0.25, 0.3) is 17.1 Å². The molecule has 3 N–H and O–H groups in total. The van der Waals surface area contributed by atoms with E-state index in [1.54, 1.807) is 0 Å². The highest BCUT2D eigenvalue weighted by Crippen LogP contribution is 2.33. The number of amides is 2. The number of para-hydroxylation sites is 1. The van der Waals surface area contributed by atoms with Gasteiger partial charge in [-0.1, -0.05) is 23.7 Å². The number of aliphatic hydroxyl groups is 1. The summed E-state index contributed by atoms with van der Waals surface area (Å²) in [5.74, 6) is -5.54. The number of alkyl halides is 5. The van der Waals surface area contributed by atoms with Crippen molar-refractivity contribution in [3.05, 3.63) is 81.8 Å². The van der Waals surface area contributed by atoms with Crippen LogP contribution in [0.4, 0.5) is 22.0 Å². The van der Waals surface area contributed by atoms with E-state index in [0.29, 0.717) is 14.5 Å². The molecule has 2 aromatic carbocycles. The zero-order chi connectivity index (χ0) is 32.0. The lowest BCUT2D eigenvalue weighted by molar-refractivity contribution is -0.207. The van der Waals surface area contributed by atoms with Crippen LogP contribution in [0, 0.1) is 0 Å². The molecule has 3 heterocycles. The zero-order valence-electron chi connectivity index (χ0n) is 22.3. The van der Waals surface area contributed by atoms with Gasteiger partial charge in [0.25, 0.3) is 11.8 Å². The molecule has 2 amide bonds. The summed E-state index contributed by atoms with van der Waals surface area (Å²) in [6, 6.07) is 10.0. The second-order valence-electron chi connectivity index (χ2n) is 9.97. The van der Waals surface area contributed by atoms with E-state index < -0.39 is 67.8 Å². The maximum atomic E-state index is 14.1. The average molecular weight is 641 g/mol. The van der Waals surface area contributed by atoms with Crippen LogP contribution in [0.1, 0.15) is 22.6 Å². The molecule has 232 valence electrons. The number of halogens is 6. The summed E-state index contributed by atoms with van der Waals surface area (Å²) in [6.45, 7) is -2.58. The molecule has 2 aromatic heterocycles. The van der Waals surface area contributed by atoms with Crippen LogP contribution in [0.2, 0.25) is 5.02 Å². The van der Waals surface area contributed by atoms with Gasteiger partial charge in [0.2, 0.25) is 5.91 Å². The van der Waals surface area contributed by atoms with Crippen molar-refractivity contribution in [1.29, 1.82) is 0 Å². The molecule has 18 heteroatoms. The summed E-state index contributed by atoms with van der Waals surface area (Å²) < 4.78 is 70.2. The van der Waals surface area contributed by atoms with E-state index in [1.165, 1.54) is 54.9 Å². The minimum atomic E-state index is -5.01. The zero-order valence-corrected chi connectivity index (χ0v) is 23.1. The number of rotatable bonds is 8. The standard InChI is InChI=1S/C26H22ClF5N8O4/c27-15-7-5-14(6-8-15)22-36-39(24(44)37(22)10-19(41)26(30,31)32)11-20-34-13-40(35-20)17-4-2-1-3-16(17)23(43)38-12-25(28,29)9-18(38)21(33)42/h1-8,13,18-19,41H,9-12H2,(H2,33,42)/t18-,19-/m0/s1. The molecule has 0 bridgehead atoms. The van der Waals surface area contributed by atoms with Gasteiger partial charge in [0.15, 0.2) is 17.8 Å². The lowest BCUT2D eigenvalue weighted by Gasteiger charge is -2.22. The van der Waals surface area contributed by atoms with Crippen molar-refractivity contribution in [2.45, 2.75) is 43.8 Å². The largest absolute Gasteiger partial charge is 0.416 e. The molecule has 0 spiro atoms. The Kier molecular flexibility index (Phi) is 8.02. The van der Waals surface area contributed by atoms with Crippen molar-refractivity contribution in [2.24, 2.45) is 5.73 Å². The second kappa shape index (κ2) is 11.5. The van der Waals surface area contributed by atoms with Gasteiger partial charge in [0.1, 0.15) is 18.9 Å². The van der Waals surface area contributed by atoms with Crippen LogP contribution < -0.4 is 11.4 Å². The Hall–Kier alpha value is -4.64. The fourth-order valence-corrected chi connectivity index (χ4v) is 4.84. The van der Waals surface area contributed by atoms with Gasteiger partial charge in [-0.2, -0.15) is 13.2 Å². The third kappa shape index (κ3) is 6.19. The van der Waals surface area contributed by atoms with Crippen LogP contribution in [-0.2, 0) is 17.9 Å². The molecule has 0 aliphatic carbocycles. The summed E-state index contributed by atoms with van der Waals surface area (Å²) in [7, 11) is 0. The van der Waals surface area contributed by atoms with Gasteiger partial charge >= 0.3 is 11.9 Å². The highest BCUT2D eigenvalue weighted by atomic mass is 35.5. The van der Waals surface area contributed by atoms with Gasteiger partial charge in [-0.25, -0.2) is 27.9 Å². The molecule has 2 atom stereocenters.